The van der Waals surface area contributed by atoms with Crippen LogP contribution in [-0.2, 0) is 4.79 Å². The normalized spacial score (nSPS) is 15.2. The molecular weight excluding hydrogens is 374 g/mol. The van der Waals surface area contributed by atoms with Gasteiger partial charge in [-0.15, -0.1) is 0 Å². The van der Waals surface area contributed by atoms with E-state index in [-0.39, 0.29) is 11.5 Å². The Bertz CT molecular complexity index is 1060. The molecule has 2 heterocycles. The molecular formula is C20H19N5O4. The van der Waals surface area contributed by atoms with Crippen molar-refractivity contribution in [2.24, 2.45) is 0 Å². The van der Waals surface area contributed by atoms with Crippen molar-refractivity contribution in [3.05, 3.63) is 53.9 Å². The largest absolute Gasteiger partial charge is 0.495 e. The number of nitrogens with zero attached hydrogens (tertiary/aromatic N) is 4. The molecule has 2 N–H and O–H groups in total. The summed E-state index contributed by atoms with van der Waals surface area (Å²) in [5, 5.41) is 12.2. The number of rotatable bonds is 5. The molecule has 0 saturated heterocycles. The van der Waals surface area contributed by atoms with Gasteiger partial charge in [0.25, 0.3) is 0 Å². The molecule has 1 aromatic heterocycles. The fourth-order valence-electron chi connectivity index (χ4n) is 3.14. The molecule has 0 fully saturated rings. The van der Waals surface area contributed by atoms with Crippen LogP contribution in [0.4, 0.5) is 23.1 Å². The van der Waals surface area contributed by atoms with Crippen molar-refractivity contribution in [1.82, 2.24) is 9.97 Å². The summed E-state index contributed by atoms with van der Waals surface area (Å²) in [6, 6.07) is 4.50. The molecule has 29 heavy (non-hydrogen) atoms. The summed E-state index contributed by atoms with van der Waals surface area (Å²) in [4.78, 5) is 36.0. The Hall–Kier alpha value is -3.88. The number of hydrogen-bond acceptors (Lipinski definition) is 7. The smallest absolute Gasteiger partial charge is 0.335 e. The summed E-state index contributed by atoms with van der Waals surface area (Å²) < 4.78 is 5.30. The summed E-state index contributed by atoms with van der Waals surface area (Å²) in [7, 11) is 3.17. The number of carbonyl (C=O) groups excluding carboxylic acids is 1. The quantitative estimate of drug-likeness (QED) is 0.798. The molecule has 0 saturated carbocycles. The molecule has 0 spiro atoms. The van der Waals surface area contributed by atoms with Crippen LogP contribution < -0.4 is 19.9 Å². The summed E-state index contributed by atoms with van der Waals surface area (Å²) in [5.41, 5.74) is 2.24. The first kappa shape index (κ1) is 18.5. The summed E-state index contributed by atoms with van der Waals surface area (Å²) in [6.45, 7) is 0.513. The minimum Gasteiger partial charge on any atom is -0.495 e. The number of aromatic nitrogens is 2. The number of methoxy groups -OCH3 is 1. The Balaban J connectivity index is 1.71. The lowest BCUT2D eigenvalue weighted by molar-refractivity contribution is -0.118. The van der Waals surface area contributed by atoms with Crippen LogP contribution in [0.15, 0.2) is 48.3 Å². The third kappa shape index (κ3) is 3.38. The number of fused-ring (bicyclic) bond motifs is 1. The van der Waals surface area contributed by atoms with Crippen LogP contribution in [0.2, 0.25) is 0 Å². The first-order chi connectivity index (χ1) is 14.0. The van der Waals surface area contributed by atoms with Crippen LogP contribution in [0.3, 0.4) is 0 Å². The zero-order valence-corrected chi connectivity index (χ0v) is 15.9. The van der Waals surface area contributed by atoms with Gasteiger partial charge in [0.1, 0.15) is 11.4 Å². The van der Waals surface area contributed by atoms with E-state index < -0.39 is 5.97 Å². The van der Waals surface area contributed by atoms with E-state index in [1.54, 1.807) is 24.2 Å². The number of amides is 1. The minimum absolute atomic E-state index is 0.00658. The number of carbonyl (C=O) groups is 2. The van der Waals surface area contributed by atoms with Crippen LogP contribution >= 0.6 is 0 Å². The fraction of sp³-hybridized carbons (Fsp3) is 0.200. The molecule has 2 aliphatic rings. The Kier molecular flexibility index (Phi) is 4.63. The van der Waals surface area contributed by atoms with E-state index in [9.17, 15) is 9.59 Å². The van der Waals surface area contributed by atoms with Crippen molar-refractivity contribution in [2.75, 3.05) is 35.8 Å². The van der Waals surface area contributed by atoms with Gasteiger partial charge in [-0.25, -0.2) is 9.78 Å². The summed E-state index contributed by atoms with van der Waals surface area (Å²) in [5.74, 6) is 0.237. The molecule has 2 aromatic rings. The highest BCUT2D eigenvalue weighted by atomic mass is 16.5. The third-order valence-electron chi connectivity index (χ3n) is 4.83. The number of hydrogen-bond donors (Lipinski definition) is 2. The van der Waals surface area contributed by atoms with Gasteiger partial charge < -0.3 is 25.0 Å². The maximum absolute atomic E-state index is 12.3. The van der Waals surface area contributed by atoms with Crippen LogP contribution in [0.5, 0.6) is 5.75 Å². The summed E-state index contributed by atoms with van der Waals surface area (Å²) in [6.07, 6.45) is 7.82. The van der Waals surface area contributed by atoms with Crippen molar-refractivity contribution >= 4 is 35.0 Å². The second-order valence-electron chi connectivity index (χ2n) is 6.55. The minimum atomic E-state index is -1.04. The van der Waals surface area contributed by atoms with Crippen LogP contribution in [0.25, 0.3) is 0 Å². The van der Waals surface area contributed by atoms with Gasteiger partial charge in [0, 0.05) is 25.7 Å². The van der Waals surface area contributed by atoms with Crippen molar-refractivity contribution in [3.63, 3.8) is 0 Å². The predicted octanol–water partition coefficient (Wildman–Crippen LogP) is 2.55. The third-order valence-corrected chi connectivity index (χ3v) is 4.83. The highest BCUT2D eigenvalue weighted by Gasteiger charge is 2.28. The fourth-order valence-corrected chi connectivity index (χ4v) is 3.14. The lowest BCUT2D eigenvalue weighted by Gasteiger charge is -2.27. The number of benzene rings is 1. The molecule has 1 aliphatic carbocycles. The second-order valence-corrected chi connectivity index (χ2v) is 6.55. The highest BCUT2D eigenvalue weighted by Crippen LogP contribution is 2.35. The van der Waals surface area contributed by atoms with Crippen molar-refractivity contribution in [1.29, 1.82) is 0 Å². The van der Waals surface area contributed by atoms with Crippen LogP contribution in [0.1, 0.15) is 16.8 Å². The molecule has 9 heteroatoms. The van der Waals surface area contributed by atoms with Gasteiger partial charge in [-0.2, -0.15) is 4.98 Å². The van der Waals surface area contributed by atoms with Gasteiger partial charge in [-0.1, -0.05) is 6.08 Å². The van der Waals surface area contributed by atoms with Gasteiger partial charge in [0.15, 0.2) is 5.82 Å². The number of aromatic carboxylic acids is 1. The maximum Gasteiger partial charge on any atom is 0.335 e. The van der Waals surface area contributed by atoms with E-state index in [1.165, 1.54) is 19.2 Å². The Morgan fingerprint density at radius 3 is 2.79 bits per heavy atom. The molecule has 0 bridgehead atoms. The number of carboxylic acids is 1. The first-order valence-corrected chi connectivity index (χ1v) is 8.96. The van der Waals surface area contributed by atoms with Crippen molar-refractivity contribution in [2.45, 2.75) is 6.42 Å². The van der Waals surface area contributed by atoms with Gasteiger partial charge in [-0.3, -0.25) is 4.79 Å². The Labute approximate surface area is 166 Å². The SMILES string of the molecule is COc1cc(C(=O)O)ccc1Nc1ncc2c(n1)N(C1=CC=C1)CCC(=O)N2C. The lowest BCUT2D eigenvalue weighted by Crippen LogP contribution is -2.26. The summed E-state index contributed by atoms with van der Waals surface area (Å²) >= 11 is 0. The second kappa shape index (κ2) is 7.27. The molecule has 1 aromatic carbocycles. The molecule has 148 valence electrons. The topological polar surface area (TPSA) is 108 Å². The van der Waals surface area contributed by atoms with Gasteiger partial charge >= 0.3 is 5.97 Å². The highest BCUT2D eigenvalue weighted by molar-refractivity contribution is 5.98. The number of allylic oxidation sites excluding steroid dienone is 3. The average molecular weight is 393 g/mol. The number of nitrogens with one attached hydrogen (secondary N) is 1. The Morgan fingerprint density at radius 2 is 2.14 bits per heavy atom. The van der Waals surface area contributed by atoms with E-state index in [1.807, 2.05) is 23.1 Å². The maximum atomic E-state index is 12.3. The van der Waals surface area contributed by atoms with E-state index in [0.717, 1.165) is 5.70 Å². The molecule has 9 nitrogen and oxygen atoms in total. The zero-order chi connectivity index (χ0) is 20.5. The zero-order valence-electron chi connectivity index (χ0n) is 15.9. The lowest BCUT2D eigenvalue weighted by atomic mass is 10.2. The molecule has 1 aliphatic heterocycles. The predicted molar refractivity (Wildman–Crippen MR) is 108 cm³/mol. The van der Waals surface area contributed by atoms with E-state index in [0.29, 0.717) is 41.9 Å². The van der Waals surface area contributed by atoms with E-state index in [4.69, 9.17) is 9.84 Å². The standard InChI is InChI=1S/C20H19N5O4/c1-24-15-11-21-20(22-14-7-6-12(19(27)28)10-16(14)29-2)23-18(15)25(9-8-17(24)26)13-4-3-5-13/h3-7,10-11H,8-9H2,1-2H3,(H,27,28)(H,21,22,23). The monoisotopic (exact) mass is 393 g/mol. The number of ether oxygens (including phenoxy) is 1. The molecule has 1 amide bonds. The number of anilines is 4. The van der Waals surface area contributed by atoms with Crippen LogP contribution in [-0.4, -0.2) is 47.7 Å². The van der Waals surface area contributed by atoms with Gasteiger partial charge in [-0.05, 0) is 30.4 Å². The molecule has 0 unspecified atom stereocenters. The van der Waals surface area contributed by atoms with E-state index >= 15 is 0 Å². The Morgan fingerprint density at radius 1 is 1.34 bits per heavy atom. The molecule has 0 atom stereocenters. The number of carboxylic acid groups (broad SMARTS) is 1. The average Bonchev–Trinajstić information content (AvgIpc) is 2.79. The van der Waals surface area contributed by atoms with Gasteiger partial charge in [0.2, 0.25) is 11.9 Å². The van der Waals surface area contributed by atoms with Crippen molar-refractivity contribution in [3.8, 4) is 5.75 Å². The van der Waals surface area contributed by atoms with E-state index in [2.05, 4.69) is 15.3 Å². The van der Waals surface area contributed by atoms with Crippen molar-refractivity contribution < 1.29 is 19.4 Å². The first-order valence-electron chi connectivity index (χ1n) is 8.96. The van der Waals surface area contributed by atoms with Gasteiger partial charge in [0.05, 0.1) is 24.6 Å². The molecule has 4 rings (SSSR count). The molecule has 0 radical (unpaired) electrons. The van der Waals surface area contributed by atoms with Crippen LogP contribution in [0, 0.1) is 0 Å².